The van der Waals surface area contributed by atoms with Crippen molar-refractivity contribution in [1.29, 1.82) is 0 Å². The van der Waals surface area contributed by atoms with Gasteiger partial charge in [0, 0.05) is 23.8 Å². The number of nitrogens with two attached hydrogens (primary N) is 1. The van der Waals surface area contributed by atoms with Crippen molar-refractivity contribution in [3.63, 3.8) is 0 Å². The number of hydrogen-bond donors (Lipinski definition) is 2. The summed E-state index contributed by atoms with van der Waals surface area (Å²) in [6.45, 7) is 2.71. The summed E-state index contributed by atoms with van der Waals surface area (Å²) in [5.41, 5.74) is 6.91. The number of ether oxygens (including phenoxy) is 1. The lowest BCUT2D eigenvalue weighted by atomic mass is 9.89. The molecule has 0 saturated heterocycles. The van der Waals surface area contributed by atoms with Gasteiger partial charge in [-0.05, 0) is 31.9 Å². The van der Waals surface area contributed by atoms with Gasteiger partial charge >= 0.3 is 0 Å². The third-order valence-corrected chi connectivity index (χ3v) is 3.50. The monoisotopic (exact) mass is 278 g/mol. The number of thiocarbonyl (C=S) groups is 1. The Balaban J connectivity index is 1.85. The highest BCUT2D eigenvalue weighted by atomic mass is 32.1. The van der Waals surface area contributed by atoms with Crippen molar-refractivity contribution in [1.82, 2.24) is 5.32 Å². The van der Waals surface area contributed by atoms with E-state index in [1.54, 1.807) is 24.3 Å². The molecule has 0 heterocycles. The van der Waals surface area contributed by atoms with Crippen LogP contribution in [0.4, 0.5) is 0 Å². The minimum absolute atomic E-state index is 0.0607. The second kappa shape index (κ2) is 6.12. The molecule has 102 valence electrons. The van der Waals surface area contributed by atoms with Gasteiger partial charge in [-0.15, -0.1) is 0 Å². The van der Waals surface area contributed by atoms with E-state index in [0.29, 0.717) is 16.7 Å². The molecule has 1 saturated carbocycles. The van der Waals surface area contributed by atoms with Crippen molar-refractivity contribution < 1.29 is 9.53 Å². The summed E-state index contributed by atoms with van der Waals surface area (Å²) in [7, 11) is 0. The van der Waals surface area contributed by atoms with Gasteiger partial charge in [-0.2, -0.15) is 0 Å². The molecule has 0 atom stereocenters. The van der Waals surface area contributed by atoms with Gasteiger partial charge in [-0.25, -0.2) is 0 Å². The summed E-state index contributed by atoms with van der Waals surface area (Å²) in [6, 6.07) is 7.23. The number of rotatable bonds is 5. The number of amides is 1. The van der Waals surface area contributed by atoms with Crippen LogP contribution >= 0.6 is 12.2 Å². The van der Waals surface area contributed by atoms with Gasteiger partial charge in [0.25, 0.3) is 5.91 Å². The van der Waals surface area contributed by atoms with Crippen LogP contribution in [0.2, 0.25) is 0 Å². The highest BCUT2D eigenvalue weighted by Gasteiger charge is 2.30. The zero-order chi connectivity index (χ0) is 13.8. The topological polar surface area (TPSA) is 64.3 Å². The normalized spacial score (nSPS) is 21.5. The number of nitrogens with one attached hydrogen (secondary N) is 1. The molecule has 1 aromatic rings. The Labute approximate surface area is 118 Å². The first-order valence-electron chi connectivity index (χ1n) is 6.42. The zero-order valence-corrected chi connectivity index (χ0v) is 11.7. The van der Waals surface area contributed by atoms with Gasteiger partial charge < -0.3 is 15.8 Å². The Morgan fingerprint density at radius 1 is 1.37 bits per heavy atom. The summed E-state index contributed by atoms with van der Waals surface area (Å²) < 4.78 is 5.46. The van der Waals surface area contributed by atoms with E-state index in [0.717, 1.165) is 25.0 Å². The third kappa shape index (κ3) is 3.52. The molecule has 5 heteroatoms. The van der Waals surface area contributed by atoms with Crippen LogP contribution in [0.3, 0.4) is 0 Å². The lowest BCUT2D eigenvalue weighted by Crippen LogP contribution is -2.47. The lowest BCUT2D eigenvalue weighted by molar-refractivity contribution is -0.00862. The molecule has 1 amide bonds. The second-order valence-corrected chi connectivity index (χ2v) is 5.10. The minimum Gasteiger partial charge on any atom is -0.389 e. The Morgan fingerprint density at radius 3 is 2.47 bits per heavy atom. The fourth-order valence-corrected chi connectivity index (χ4v) is 2.25. The average Bonchev–Trinajstić information content (AvgIpc) is 2.36. The standard InChI is InChI=1S/C14H18N2O2S/c1-2-18-12-7-11(8-12)16-14(17)10-5-3-9(4-6-10)13(15)19/h3-6,11-12H,2,7-8H2,1H3,(H2,15,19)(H,16,17). The van der Waals surface area contributed by atoms with Crippen LogP contribution in [-0.4, -0.2) is 29.6 Å². The Bertz CT molecular complexity index is 467. The molecule has 0 unspecified atom stereocenters. The predicted octanol–water partition coefficient (Wildman–Crippen LogP) is 1.62. The van der Waals surface area contributed by atoms with Gasteiger partial charge in [0.2, 0.25) is 0 Å². The maximum absolute atomic E-state index is 12.0. The summed E-state index contributed by atoms with van der Waals surface area (Å²) in [6.07, 6.45) is 2.09. The second-order valence-electron chi connectivity index (χ2n) is 4.66. The quantitative estimate of drug-likeness (QED) is 0.803. The predicted molar refractivity (Wildman–Crippen MR) is 78.2 cm³/mol. The van der Waals surface area contributed by atoms with Crippen molar-refractivity contribution >= 4 is 23.1 Å². The fraction of sp³-hybridized carbons (Fsp3) is 0.429. The molecule has 0 bridgehead atoms. The molecule has 19 heavy (non-hydrogen) atoms. The molecule has 0 aromatic heterocycles. The number of carbonyl (C=O) groups is 1. The van der Waals surface area contributed by atoms with Crippen LogP contribution in [-0.2, 0) is 4.74 Å². The van der Waals surface area contributed by atoms with Crippen molar-refractivity contribution in [2.75, 3.05) is 6.61 Å². The first-order valence-corrected chi connectivity index (χ1v) is 6.83. The molecular formula is C14H18N2O2S. The zero-order valence-electron chi connectivity index (χ0n) is 10.9. The van der Waals surface area contributed by atoms with E-state index in [1.165, 1.54) is 0 Å². The van der Waals surface area contributed by atoms with Crippen LogP contribution in [0.25, 0.3) is 0 Å². The number of hydrogen-bond acceptors (Lipinski definition) is 3. The summed E-state index contributed by atoms with van der Waals surface area (Å²) >= 11 is 4.87. The fourth-order valence-electron chi connectivity index (χ4n) is 2.11. The van der Waals surface area contributed by atoms with Crippen LogP contribution in [0, 0.1) is 0 Å². The van der Waals surface area contributed by atoms with Crippen molar-refractivity contribution in [3.8, 4) is 0 Å². The van der Waals surface area contributed by atoms with Crippen LogP contribution < -0.4 is 11.1 Å². The van der Waals surface area contributed by atoms with Crippen molar-refractivity contribution in [2.45, 2.75) is 31.9 Å². The average molecular weight is 278 g/mol. The van der Waals surface area contributed by atoms with Crippen molar-refractivity contribution in [2.24, 2.45) is 5.73 Å². The summed E-state index contributed by atoms with van der Waals surface area (Å²) in [4.78, 5) is 12.3. The van der Waals surface area contributed by atoms with E-state index in [4.69, 9.17) is 22.7 Å². The molecule has 1 aliphatic carbocycles. The van der Waals surface area contributed by atoms with Crippen molar-refractivity contribution in [3.05, 3.63) is 35.4 Å². The van der Waals surface area contributed by atoms with Crippen LogP contribution in [0.15, 0.2) is 24.3 Å². The summed E-state index contributed by atoms with van der Waals surface area (Å²) in [5, 5.41) is 2.99. The highest BCUT2D eigenvalue weighted by molar-refractivity contribution is 7.80. The maximum atomic E-state index is 12.0. The minimum atomic E-state index is -0.0607. The Hall–Kier alpha value is -1.46. The molecule has 2 rings (SSSR count). The SMILES string of the molecule is CCOC1CC(NC(=O)c2ccc(C(N)=S)cc2)C1. The van der Waals surface area contributed by atoms with Gasteiger partial charge in [0.05, 0.1) is 6.10 Å². The van der Waals surface area contributed by atoms with E-state index in [2.05, 4.69) is 5.32 Å². The molecule has 3 N–H and O–H groups in total. The first-order chi connectivity index (χ1) is 9.10. The van der Waals surface area contributed by atoms with E-state index in [9.17, 15) is 4.79 Å². The van der Waals surface area contributed by atoms with Crippen LogP contribution in [0.1, 0.15) is 35.7 Å². The maximum Gasteiger partial charge on any atom is 0.251 e. The molecule has 0 radical (unpaired) electrons. The van der Waals surface area contributed by atoms with E-state index in [-0.39, 0.29) is 11.9 Å². The van der Waals surface area contributed by atoms with Gasteiger partial charge in [0.15, 0.2) is 0 Å². The molecule has 4 nitrogen and oxygen atoms in total. The molecule has 1 aliphatic rings. The molecule has 1 aromatic carbocycles. The molecule has 0 spiro atoms. The summed E-state index contributed by atoms with van der Waals surface area (Å²) in [5.74, 6) is -0.0607. The Morgan fingerprint density at radius 2 is 1.95 bits per heavy atom. The van der Waals surface area contributed by atoms with E-state index in [1.807, 2.05) is 6.92 Å². The number of carbonyl (C=O) groups excluding carboxylic acids is 1. The number of benzene rings is 1. The van der Waals surface area contributed by atoms with Crippen LogP contribution in [0.5, 0.6) is 0 Å². The smallest absolute Gasteiger partial charge is 0.251 e. The largest absolute Gasteiger partial charge is 0.389 e. The molecule has 1 fully saturated rings. The lowest BCUT2D eigenvalue weighted by Gasteiger charge is -2.35. The van der Waals surface area contributed by atoms with E-state index < -0.39 is 0 Å². The molecule has 0 aliphatic heterocycles. The van der Waals surface area contributed by atoms with Gasteiger partial charge in [-0.3, -0.25) is 4.79 Å². The van der Waals surface area contributed by atoms with Gasteiger partial charge in [0.1, 0.15) is 4.99 Å². The Kier molecular flexibility index (Phi) is 4.50. The first kappa shape index (κ1) is 14.0. The van der Waals surface area contributed by atoms with E-state index >= 15 is 0 Å². The van der Waals surface area contributed by atoms with Gasteiger partial charge in [-0.1, -0.05) is 24.4 Å². The highest BCUT2D eigenvalue weighted by Crippen LogP contribution is 2.23. The third-order valence-electron chi connectivity index (χ3n) is 3.26. The molecular weight excluding hydrogens is 260 g/mol.